The Bertz CT molecular complexity index is 525. The van der Waals surface area contributed by atoms with Gasteiger partial charge in [-0.25, -0.2) is 4.79 Å². The first-order valence-corrected chi connectivity index (χ1v) is 7.92. The van der Waals surface area contributed by atoms with E-state index in [1.807, 2.05) is 26.2 Å². The van der Waals surface area contributed by atoms with Crippen molar-refractivity contribution in [1.82, 2.24) is 9.80 Å². The lowest BCUT2D eigenvalue weighted by Crippen LogP contribution is -2.25. The molecule has 0 saturated carbocycles. The maximum Gasteiger partial charge on any atom is 0.414 e. The molecule has 0 aliphatic heterocycles. The van der Waals surface area contributed by atoms with Gasteiger partial charge in [-0.15, -0.1) is 12.4 Å². The van der Waals surface area contributed by atoms with Gasteiger partial charge in [0.25, 0.3) is 0 Å². The molecule has 24 heavy (non-hydrogen) atoms. The molecule has 0 fully saturated rings. The Morgan fingerprint density at radius 3 is 2.25 bits per heavy atom. The summed E-state index contributed by atoms with van der Waals surface area (Å²) in [5.74, 6) is 1.28. The predicted octanol–water partition coefficient (Wildman–Crippen LogP) is 3.80. The third-order valence-electron chi connectivity index (χ3n) is 3.34. The molecule has 0 saturated heterocycles. The number of hydrogen-bond donors (Lipinski definition) is 0. The van der Waals surface area contributed by atoms with Gasteiger partial charge >= 0.3 is 6.09 Å². The van der Waals surface area contributed by atoms with Gasteiger partial charge in [-0.3, -0.25) is 0 Å². The van der Waals surface area contributed by atoms with E-state index in [0.29, 0.717) is 12.4 Å². The maximum absolute atomic E-state index is 11.7. The number of ether oxygens (including phenoxy) is 2. The predicted molar refractivity (Wildman–Crippen MR) is 101 cm³/mol. The van der Waals surface area contributed by atoms with Crippen LogP contribution >= 0.6 is 12.4 Å². The van der Waals surface area contributed by atoms with E-state index >= 15 is 0 Å². The summed E-state index contributed by atoms with van der Waals surface area (Å²) in [5, 5.41) is 0. The van der Waals surface area contributed by atoms with Gasteiger partial charge in [0, 0.05) is 26.7 Å². The van der Waals surface area contributed by atoms with E-state index < -0.39 is 6.09 Å². The number of nitrogens with zero attached hydrogens (tertiary/aromatic N) is 2. The highest BCUT2D eigenvalue weighted by atomic mass is 35.5. The lowest BCUT2D eigenvalue weighted by molar-refractivity contribution is 0.171. The summed E-state index contributed by atoms with van der Waals surface area (Å²) in [5.41, 5.74) is 1.06. The molecule has 0 heterocycles. The lowest BCUT2D eigenvalue weighted by atomic mass is 9.86. The van der Waals surface area contributed by atoms with Crippen molar-refractivity contribution >= 4 is 18.5 Å². The maximum atomic E-state index is 11.7. The minimum Gasteiger partial charge on any atom is -0.493 e. The van der Waals surface area contributed by atoms with Gasteiger partial charge in [0.2, 0.25) is 0 Å². The van der Waals surface area contributed by atoms with E-state index in [1.54, 1.807) is 20.2 Å². The molecule has 1 amide bonds. The molecule has 0 spiro atoms. The minimum atomic E-state index is -0.396. The molecule has 1 aromatic carbocycles. The van der Waals surface area contributed by atoms with Crippen LogP contribution in [0, 0.1) is 0 Å². The van der Waals surface area contributed by atoms with Gasteiger partial charge in [0.15, 0.2) is 0 Å². The number of rotatable bonds is 6. The fourth-order valence-electron chi connectivity index (χ4n) is 2.06. The molecular formula is C18H31ClN2O3. The fraction of sp³-hybridized carbons (Fsp3) is 0.611. The minimum absolute atomic E-state index is 0. The first-order chi connectivity index (χ1) is 10.6. The smallest absolute Gasteiger partial charge is 0.414 e. The van der Waals surface area contributed by atoms with Crippen molar-refractivity contribution in [2.75, 3.05) is 41.3 Å². The van der Waals surface area contributed by atoms with E-state index in [9.17, 15) is 4.79 Å². The molecule has 6 heteroatoms. The molecule has 1 aromatic rings. The van der Waals surface area contributed by atoms with Gasteiger partial charge in [-0.2, -0.15) is 0 Å². The molecule has 5 nitrogen and oxygen atoms in total. The number of amides is 1. The molecule has 138 valence electrons. The number of carbonyl (C=O) groups is 1. The number of benzene rings is 1. The zero-order chi connectivity index (χ0) is 17.6. The number of hydrogen-bond acceptors (Lipinski definition) is 4. The monoisotopic (exact) mass is 358 g/mol. The highest BCUT2D eigenvalue weighted by Gasteiger charge is 2.20. The molecule has 1 rings (SSSR count). The topological polar surface area (TPSA) is 42.0 Å². The van der Waals surface area contributed by atoms with Gasteiger partial charge < -0.3 is 19.3 Å². The van der Waals surface area contributed by atoms with Crippen molar-refractivity contribution in [1.29, 1.82) is 0 Å². The Morgan fingerprint density at radius 2 is 1.75 bits per heavy atom. The Labute approximate surface area is 152 Å². The van der Waals surface area contributed by atoms with Crippen molar-refractivity contribution in [3.8, 4) is 11.5 Å². The zero-order valence-electron chi connectivity index (χ0n) is 15.9. The first-order valence-electron chi connectivity index (χ1n) is 7.92. The third-order valence-corrected chi connectivity index (χ3v) is 3.34. The van der Waals surface area contributed by atoms with Crippen LogP contribution in [0.25, 0.3) is 0 Å². The second-order valence-electron chi connectivity index (χ2n) is 7.18. The molecule has 0 aliphatic carbocycles. The van der Waals surface area contributed by atoms with Crippen LogP contribution in [-0.4, -0.2) is 57.2 Å². The van der Waals surface area contributed by atoms with Crippen molar-refractivity contribution < 1.29 is 14.3 Å². The van der Waals surface area contributed by atoms with Crippen molar-refractivity contribution in [3.05, 3.63) is 23.8 Å². The quantitative estimate of drug-likeness (QED) is 0.725. The summed E-state index contributed by atoms with van der Waals surface area (Å²) in [6, 6.07) is 5.59. The van der Waals surface area contributed by atoms with Gasteiger partial charge in [0.1, 0.15) is 11.5 Å². The van der Waals surface area contributed by atoms with Crippen molar-refractivity contribution in [2.45, 2.75) is 32.6 Å². The molecule has 0 N–H and O–H groups in total. The first kappa shape index (κ1) is 22.5. The highest BCUT2D eigenvalue weighted by Crippen LogP contribution is 2.34. The molecule has 0 atom stereocenters. The third kappa shape index (κ3) is 7.41. The van der Waals surface area contributed by atoms with E-state index in [4.69, 9.17) is 9.47 Å². The van der Waals surface area contributed by atoms with E-state index in [1.165, 1.54) is 4.90 Å². The van der Waals surface area contributed by atoms with Gasteiger partial charge in [-0.05, 0) is 37.6 Å². The summed E-state index contributed by atoms with van der Waals surface area (Å²) in [7, 11) is 7.40. The van der Waals surface area contributed by atoms with Crippen LogP contribution in [0.15, 0.2) is 18.2 Å². The van der Waals surface area contributed by atoms with E-state index in [-0.39, 0.29) is 17.8 Å². The van der Waals surface area contributed by atoms with Crippen LogP contribution in [0.5, 0.6) is 11.5 Å². The molecule has 0 bridgehead atoms. The van der Waals surface area contributed by atoms with E-state index in [0.717, 1.165) is 24.3 Å². The summed E-state index contributed by atoms with van der Waals surface area (Å²) in [6.07, 6.45) is 0.547. The normalized spacial score (nSPS) is 11.0. The standard InChI is InChI=1S/C18H30N2O3.ClH/c1-18(2,3)15-10-9-14(23-17(21)20(6)7)13-16(15)22-12-8-11-19(4)5;/h9-10,13H,8,11-12H2,1-7H3;1H. The second-order valence-corrected chi connectivity index (χ2v) is 7.18. The molecule has 0 aliphatic rings. The molecule has 0 radical (unpaired) electrons. The Hall–Kier alpha value is -1.46. The van der Waals surface area contributed by atoms with Crippen LogP contribution in [0.3, 0.4) is 0 Å². The average Bonchev–Trinajstić information content (AvgIpc) is 2.42. The van der Waals surface area contributed by atoms with Crippen molar-refractivity contribution in [2.24, 2.45) is 0 Å². The lowest BCUT2D eigenvalue weighted by Gasteiger charge is -2.24. The van der Waals surface area contributed by atoms with E-state index in [2.05, 4.69) is 25.7 Å². The summed E-state index contributed by atoms with van der Waals surface area (Å²) in [4.78, 5) is 15.2. The average molecular weight is 359 g/mol. The molecule has 0 aromatic heterocycles. The largest absolute Gasteiger partial charge is 0.493 e. The fourth-order valence-corrected chi connectivity index (χ4v) is 2.06. The number of halogens is 1. The SMILES string of the molecule is CN(C)CCCOc1cc(OC(=O)N(C)C)ccc1C(C)(C)C.Cl. The van der Waals surface area contributed by atoms with Crippen LogP contribution in [0.4, 0.5) is 4.79 Å². The second kappa shape index (κ2) is 9.74. The van der Waals surface area contributed by atoms with Crippen LogP contribution < -0.4 is 9.47 Å². The Morgan fingerprint density at radius 1 is 1.12 bits per heavy atom. The van der Waals surface area contributed by atoms with Crippen LogP contribution in [0.1, 0.15) is 32.8 Å². The van der Waals surface area contributed by atoms with Crippen LogP contribution in [-0.2, 0) is 5.41 Å². The highest BCUT2D eigenvalue weighted by molar-refractivity contribution is 5.85. The summed E-state index contributed by atoms with van der Waals surface area (Å²) >= 11 is 0. The number of carbonyl (C=O) groups excluding carboxylic acids is 1. The van der Waals surface area contributed by atoms with Crippen molar-refractivity contribution in [3.63, 3.8) is 0 Å². The van der Waals surface area contributed by atoms with Gasteiger partial charge in [-0.1, -0.05) is 26.8 Å². The Kier molecular flexibility index (Phi) is 9.15. The molecule has 0 unspecified atom stereocenters. The molecular weight excluding hydrogens is 328 g/mol. The van der Waals surface area contributed by atoms with Crippen LogP contribution in [0.2, 0.25) is 0 Å². The summed E-state index contributed by atoms with van der Waals surface area (Å²) < 4.78 is 11.3. The Balaban J connectivity index is 0.00000529. The van der Waals surface area contributed by atoms with Gasteiger partial charge in [0.05, 0.1) is 6.61 Å². The zero-order valence-corrected chi connectivity index (χ0v) is 16.7. The summed E-state index contributed by atoms with van der Waals surface area (Å²) in [6.45, 7) is 8.02.